The maximum absolute atomic E-state index is 12.1. The molecule has 2 nitrogen and oxygen atoms in total. The predicted molar refractivity (Wildman–Crippen MR) is 75.4 cm³/mol. The minimum absolute atomic E-state index is 0.0395. The smallest absolute Gasteiger partial charge is 0.168 e. The van der Waals surface area contributed by atoms with Crippen molar-refractivity contribution in [2.24, 2.45) is 0 Å². The molecule has 0 amide bonds. The molecule has 18 heavy (non-hydrogen) atoms. The lowest BCUT2D eigenvalue weighted by Crippen LogP contribution is -2.04. The molecule has 0 aliphatic rings. The molecule has 92 valence electrons. The molecule has 0 aliphatic heterocycles. The first-order valence-corrected chi connectivity index (χ1v) is 6.14. The van der Waals surface area contributed by atoms with E-state index in [0.717, 1.165) is 5.56 Å². The Morgan fingerprint density at radius 1 is 1.06 bits per heavy atom. The van der Waals surface area contributed by atoms with Crippen molar-refractivity contribution >= 4 is 34.7 Å². The van der Waals surface area contributed by atoms with Crippen LogP contribution in [0.2, 0.25) is 10.0 Å². The third-order valence-corrected chi connectivity index (χ3v) is 3.14. The van der Waals surface area contributed by atoms with Crippen LogP contribution in [-0.4, -0.2) is 5.78 Å². The molecule has 4 heteroatoms. The second-order valence-corrected chi connectivity index (χ2v) is 4.81. The normalized spacial score (nSPS) is 10.3. The van der Waals surface area contributed by atoms with Crippen molar-refractivity contribution in [1.29, 1.82) is 0 Å². The topological polar surface area (TPSA) is 43.1 Å². The summed E-state index contributed by atoms with van der Waals surface area (Å²) in [5.74, 6) is -0.0395. The van der Waals surface area contributed by atoms with Gasteiger partial charge in [0.25, 0.3) is 0 Å². The van der Waals surface area contributed by atoms with Gasteiger partial charge in [0, 0.05) is 22.7 Å². The van der Waals surface area contributed by atoms with Crippen molar-refractivity contribution in [1.82, 2.24) is 0 Å². The van der Waals surface area contributed by atoms with Gasteiger partial charge in [-0.15, -0.1) is 0 Å². The molecule has 0 fully saturated rings. The average molecular weight is 280 g/mol. The molecule has 2 N–H and O–H groups in total. The summed E-state index contributed by atoms with van der Waals surface area (Å²) in [6.07, 6.45) is 0.292. The predicted octanol–water partition coefficient (Wildman–Crippen LogP) is 4.00. The number of hydrogen-bond donors (Lipinski definition) is 1. The van der Waals surface area contributed by atoms with Crippen LogP contribution in [0, 0.1) is 0 Å². The van der Waals surface area contributed by atoms with Crippen molar-refractivity contribution in [3.63, 3.8) is 0 Å². The number of anilines is 1. The lowest BCUT2D eigenvalue weighted by molar-refractivity contribution is 0.0993. The molecule has 0 heterocycles. The van der Waals surface area contributed by atoms with Gasteiger partial charge in [0.15, 0.2) is 5.78 Å². The van der Waals surface area contributed by atoms with Gasteiger partial charge in [-0.05, 0) is 35.9 Å². The highest BCUT2D eigenvalue weighted by Gasteiger charge is 2.11. The van der Waals surface area contributed by atoms with Crippen LogP contribution in [0.4, 0.5) is 5.69 Å². The Morgan fingerprint density at radius 3 is 2.33 bits per heavy atom. The van der Waals surface area contributed by atoms with Crippen LogP contribution < -0.4 is 5.73 Å². The van der Waals surface area contributed by atoms with Gasteiger partial charge in [0.2, 0.25) is 0 Å². The number of nitrogen functional groups attached to an aromatic ring is 1. The molecule has 2 rings (SSSR count). The summed E-state index contributed by atoms with van der Waals surface area (Å²) in [4.78, 5) is 12.1. The Balaban J connectivity index is 2.19. The molecular formula is C14H11Cl2NO. The average Bonchev–Trinajstić information content (AvgIpc) is 2.32. The number of Topliss-reactive ketones (excluding diaryl/α,β-unsaturated/α-hetero) is 1. The molecule has 0 unspecified atom stereocenters. The van der Waals surface area contributed by atoms with E-state index in [1.54, 1.807) is 30.3 Å². The highest BCUT2D eigenvalue weighted by atomic mass is 35.5. The number of carbonyl (C=O) groups is 1. The Bertz CT molecular complexity index is 579. The zero-order valence-electron chi connectivity index (χ0n) is 9.49. The molecule has 0 atom stereocenters. The van der Waals surface area contributed by atoms with Crippen LogP contribution in [0.1, 0.15) is 15.9 Å². The summed E-state index contributed by atoms with van der Waals surface area (Å²) in [6.45, 7) is 0. The summed E-state index contributed by atoms with van der Waals surface area (Å²) < 4.78 is 0. The van der Waals surface area contributed by atoms with Crippen molar-refractivity contribution in [2.45, 2.75) is 6.42 Å². The largest absolute Gasteiger partial charge is 0.399 e. The van der Waals surface area contributed by atoms with Crippen molar-refractivity contribution < 1.29 is 4.79 Å². The Hall–Kier alpha value is -1.51. The van der Waals surface area contributed by atoms with Gasteiger partial charge in [-0.3, -0.25) is 4.79 Å². The molecule has 0 aliphatic carbocycles. The van der Waals surface area contributed by atoms with Gasteiger partial charge in [-0.2, -0.15) is 0 Å². The first-order chi connectivity index (χ1) is 8.56. The third kappa shape index (κ3) is 3.03. The number of nitrogens with two attached hydrogens (primary N) is 1. The number of halogens is 2. The maximum Gasteiger partial charge on any atom is 0.168 e. The van der Waals surface area contributed by atoms with Crippen LogP contribution in [0.3, 0.4) is 0 Å². The Morgan fingerprint density at radius 2 is 1.72 bits per heavy atom. The van der Waals surface area contributed by atoms with E-state index in [9.17, 15) is 4.79 Å². The van der Waals surface area contributed by atoms with Crippen LogP contribution in [0.5, 0.6) is 0 Å². The zero-order chi connectivity index (χ0) is 13.1. The fourth-order valence-electron chi connectivity index (χ4n) is 1.64. The van der Waals surface area contributed by atoms with Crippen LogP contribution in [-0.2, 0) is 6.42 Å². The van der Waals surface area contributed by atoms with Crippen molar-refractivity contribution in [3.05, 3.63) is 63.6 Å². The van der Waals surface area contributed by atoms with Crippen LogP contribution in [0.25, 0.3) is 0 Å². The second kappa shape index (κ2) is 5.42. The highest BCUT2D eigenvalue weighted by molar-refractivity contribution is 6.34. The molecule has 0 bridgehead atoms. The quantitative estimate of drug-likeness (QED) is 0.682. The SMILES string of the molecule is Nc1ccc(C(=O)Cc2ccc(Cl)cc2)c(Cl)c1. The number of benzene rings is 2. The molecule has 2 aromatic carbocycles. The van der Waals surface area contributed by atoms with E-state index in [0.29, 0.717) is 27.7 Å². The van der Waals surface area contributed by atoms with E-state index in [4.69, 9.17) is 28.9 Å². The standard InChI is InChI=1S/C14H11Cl2NO/c15-10-3-1-9(2-4-10)7-14(18)12-6-5-11(17)8-13(12)16/h1-6,8H,7,17H2. The van der Waals surface area contributed by atoms with Crippen molar-refractivity contribution in [2.75, 3.05) is 5.73 Å². The van der Waals surface area contributed by atoms with Gasteiger partial charge in [-0.1, -0.05) is 35.3 Å². The van der Waals surface area contributed by atoms with Gasteiger partial charge >= 0.3 is 0 Å². The van der Waals surface area contributed by atoms with E-state index in [1.165, 1.54) is 0 Å². The highest BCUT2D eigenvalue weighted by Crippen LogP contribution is 2.21. The number of rotatable bonds is 3. The molecule has 2 aromatic rings. The summed E-state index contributed by atoms with van der Waals surface area (Å²) >= 11 is 11.8. The van der Waals surface area contributed by atoms with E-state index < -0.39 is 0 Å². The molecule has 0 spiro atoms. The lowest BCUT2D eigenvalue weighted by atomic mass is 10.0. The number of ketones is 1. The fraction of sp³-hybridized carbons (Fsp3) is 0.0714. The molecule has 0 aromatic heterocycles. The summed E-state index contributed by atoms with van der Waals surface area (Å²) in [6, 6.07) is 12.1. The minimum atomic E-state index is -0.0395. The van der Waals surface area contributed by atoms with Crippen molar-refractivity contribution in [3.8, 4) is 0 Å². The zero-order valence-corrected chi connectivity index (χ0v) is 11.0. The van der Waals surface area contributed by atoms with Gasteiger partial charge in [-0.25, -0.2) is 0 Å². The Kier molecular flexibility index (Phi) is 3.90. The van der Waals surface area contributed by atoms with Gasteiger partial charge in [0.1, 0.15) is 0 Å². The monoisotopic (exact) mass is 279 g/mol. The van der Waals surface area contributed by atoms with E-state index in [1.807, 2.05) is 12.1 Å². The third-order valence-electron chi connectivity index (χ3n) is 2.57. The summed E-state index contributed by atoms with van der Waals surface area (Å²) in [5.41, 5.74) is 7.52. The van der Waals surface area contributed by atoms with E-state index in [-0.39, 0.29) is 5.78 Å². The summed E-state index contributed by atoms with van der Waals surface area (Å²) in [5, 5.41) is 1.03. The maximum atomic E-state index is 12.1. The lowest BCUT2D eigenvalue weighted by Gasteiger charge is -2.05. The first kappa shape index (κ1) is 12.9. The second-order valence-electron chi connectivity index (χ2n) is 3.97. The van der Waals surface area contributed by atoms with Crippen LogP contribution in [0.15, 0.2) is 42.5 Å². The van der Waals surface area contributed by atoms with E-state index in [2.05, 4.69) is 0 Å². The fourth-order valence-corrected chi connectivity index (χ4v) is 2.06. The first-order valence-electron chi connectivity index (χ1n) is 5.39. The molecule has 0 saturated carbocycles. The van der Waals surface area contributed by atoms with E-state index >= 15 is 0 Å². The molecule has 0 saturated heterocycles. The molecular weight excluding hydrogens is 269 g/mol. The number of carbonyl (C=O) groups excluding carboxylic acids is 1. The van der Waals surface area contributed by atoms with Gasteiger partial charge in [0.05, 0.1) is 5.02 Å². The summed E-state index contributed by atoms with van der Waals surface area (Å²) in [7, 11) is 0. The van der Waals surface area contributed by atoms with Gasteiger partial charge < -0.3 is 5.73 Å². The van der Waals surface area contributed by atoms with Crippen LogP contribution >= 0.6 is 23.2 Å². The Labute approximate surface area is 115 Å². The number of hydrogen-bond acceptors (Lipinski definition) is 2. The molecule has 0 radical (unpaired) electrons. The minimum Gasteiger partial charge on any atom is -0.399 e.